The van der Waals surface area contributed by atoms with Gasteiger partial charge in [0, 0.05) is 32.4 Å². The van der Waals surface area contributed by atoms with Crippen molar-refractivity contribution in [3.8, 4) is 6.07 Å². The summed E-state index contributed by atoms with van der Waals surface area (Å²) >= 11 is 0. The maximum atomic E-state index is 12.7. The van der Waals surface area contributed by atoms with Crippen LogP contribution in [0.3, 0.4) is 0 Å². The van der Waals surface area contributed by atoms with Crippen molar-refractivity contribution in [2.24, 2.45) is 0 Å². The molecular formula is C20H24N2O3. The van der Waals surface area contributed by atoms with E-state index in [9.17, 15) is 4.79 Å². The Balaban J connectivity index is 1.63. The van der Waals surface area contributed by atoms with Gasteiger partial charge in [0.05, 0.1) is 23.8 Å². The molecule has 0 radical (unpaired) electrons. The molecule has 0 spiro atoms. The molecule has 2 aliphatic rings. The van der Waals surface area contributed by atoms with Gasteiger partial charge in [-0.1, -0.05) is 12.1 Å². The van der Waals surface area contributed by atoms with Crippen LogP contribution in [0.5, 0.6) is 0 Å². The second-order valence-electron chi connectivity index (χ2n) is 6.58. The average molecular weight is 340 g/mol. The Bertz CT molecular complexity index is 618. The smallest absolute Gasteiger partial charge is 0.246 e. The third kappa shape index (κ3) is 5.15. The van der Waals surface area contributed by atoms with Crippen LogP contribution < -0.4 is 0 Å². The summed E-state index contributed by atoms with van der Waals surface area (Å²) < 4.78 is 11.4. The molecule has 2 heterocycles. The molecule has 0 aromatic heterocycles. The van der Waals surface area contributed by atoms with Gasteiger partial charge in [0.25, 0.3) is 0 Å². The van der Waals surface area contributed by atoms with Crippen molar-refractivity contribution < 1.29 is 14.3 Å². The lowest BCUT2D eigenvalue weighted by atomic mass is 10.1. The van der Waals surface area contributed by atoms with E-state index in [0.29, 0.717) is 18.7 Å². The summed E-state index contributed by atoms with van der Waals surface area (Å²) in [6, 6.07) is 9.27. The molecule has 5 heteroatoms. The number of carbonyl (C=O) groups excluding carboxylic acids is 1. The van der Waals surface area contributed by atoms with Gasteiger partial charge in [-0.05, 0) is 49.5 Å². The first-order valence-electron chi connectivity index (χ1n) is 8.95. The van der Waals surface area contributed by atoms with Crippen molar-refractivity contribution in [1.29, 1.82) is 5.26 Å². The molecule has 25 heavy (non-hydrogen) atoms. The van der Waals surface area contributed by atoms with Gasteiger partial charge in [0.15, 0.2) is 0 Å². The Hall–Kier alpha value is -2.16. The molecule has 2 fully saturated rings. The van der Waals surface area contributed by atoms with Crippen LogP contribution in [0.2, 0.25) is 0 Å². The molecule has 0 aliphatic carbocycles. The summed E-state index contributed by atoms with van der Waals surface area (Å²) in [5.41, 5.74) is 1.52. The van der Waals surface area contributed by atoms with Gasteiger partial charge in [-0.25, -0.2) is 0 Å². The molecule has 2 saturated heterocycles. The Morgan fingerprint density at radius 2 is 1.72 bits per heavy atom. The Kier molecular flexibility index (Phi) is 6.21. The Labute approximate surface area is 148 Å². The fourth-order valence-corrected chi connectivity index (χ4v) is 3.26. The number of amides is 1. The zero-order valence-electron chi connectivity index (χ0n) is 14.4. The predicted molar refractivity (Wildman–Crippen MR) is 94.7 cm³/mol. The number of carbonyl (C=O) groups is 1. The zero-order chi connectivity index (χ0) is 17.5. The maximum absolute atomic E-state index is 12.7. The van der Waals surface area contributed by atoms with E-state index in [-0.39, 0.29) is 18.1 Å². The van der Waals surface area contributed by atoms with E-state index >= 15 is 0 Å². The Morgan fingerprint density at radius 1 is 1.12 bits per heavy atom. The monoisotopic (exact) mass is 340 g/mol. The predicted octanol–water partition coefficient (Wildman–Crippen LogP) is 2.76. The van der Waals surface area contributed by atoms with Crippen molar-refractivity contribution in [3.63, 3.8) is 0 Å². The molecular weight excluding hydrogens is 316 g/mol. The molecule has 132 valence electrons. The summed E-state index contributed by atoms with van der Waals surface area (Å²) in [4.78, 5) is 14.5. The number of hydrogen-bond donors (Lipinski definition) is 0. The van der Waals surface area contributed by atoms with Gasteiger partial charge in [0.1, 0.15) is 0 Å². The van der Waals surface area contributed by atoms with Crippen LogP contribution in [0.1, 0.15) is 36.8 Å². The van der Waals surface area contributed by atoms with Crippen molar-refractivity contribution in [2.45, 2.75) is 37.9 Å². The van der Waals surface area contributed by atoms with Crippen LogP contribution in [0.25, 0.3) is 6.08 Å². The maximum Gasteiger partial charge on any atom is 0.246 e. The van der Waals surface area contributed by atoms with Crippen molar-refractivity contribution in [2.75, 3.05) is 26.3 Å². The van der Waals surface area contributed by atoms with E-state index in [0.717, 1.165) is 44.5 Å². The number of nitriles is 1. The number of ether oxygens (including phenoxy) is 2. The summed E-state index contributed by atoms with van der Waals surface area (Å²) in [7, 11) is 0. The quantitative estimate of drug-likeness (QED) is 0.747. The standard InChI is InChI=1S/C20H24N2O3/c21-13-17-7-5-16(6-8-17)9-10-20(23)22(14-18-3-1-11-24-18)15-19-4-2-12-25-19/h5-10,18-19H,1-4,11-12,14-15H2/b10-9+. The minimum atomic E-state index is -0.0182. The first-order valence-corrected chi connectivity index (χ1v) is 8.95. The minimum absolute atomic E-state index is 0.0182. The molecule has 2 unspecified atom stereocenters. The largest absolute Gasteiger partial charge is 0.376 e. The fraction of sp³-hybridized carbons (Fsp3) is 0.500. The van der Waals surface area contributed by atoms with E-state index < -0.39 is 0 Å². The first kappa shape index (κ1) is 17.7. The molecule has 2 atom stereocenters. The number of nitrogens with zero attached hydrogens (tertiary/aromatic N) is 2. The van der Waals surface area contributed by atoms with Gasteiger partial charge in [-0.3, -0.25) is 4.79 Å². The molecule has 1 aromatic rings. The van der Waals surface area contributed by atoms with Crippen molar-refractivity contribution in [1.82, 2.24) is 4.90 Å². The molecule has 1 amide bonds. The number of hydrogen-bond acceptors (Lipinski definition) is 4. The highest BCUT2D eigenvalue weighted by molar-refractivity contribution is 5.91. The third-order valence-electron chi connectivity index (χ3n) is 4.67. The number of benzene rings is 1. The lowest BCUT2D eigenvalue weighted by Gasteiger charge is -2.26. The highest BCUT2D eigenvalue weighted by Gasteiger charge is 2.25. The van der Waals surface area contributed by atoms with E-state index in [1.54, 1.807) is 24.3 Å². The molecule has 0 N–H and O–H groups in total. The van der Waals surface area contributed by atoms with Crippen LogP contribution in [-0.2, 0) is 14.3 Å². The second kappa shape index (κ2) is 8.80. The lowest BCUT2D eigenvalue weighted by molar-refractivity contribution is -0.129. The normalized spacial score (nSPS) is 23.0. The molecule has 0 saturated carbocycles. The highest BCUT2D eigenvalue weighted by atomic mass is 16.5. The SMILES string of the molecule is N#Cc1ccc(/C=C/C(=O)N(CC2CCCO2)CC2CCCO2)cc1. The molecule has 0 bridgehead atoms. The lowest BCUT2D eigenvalue weighted by Crippen LogP contribution is -2.41. The summed E-state index contributed by atoms with van der Waals surface area (Å²) in [5.74, 6) is -0.0182. The van der Waals surface area contributed by atoms with Crippen LogP contribution in [0.15, 0.2) is 30.3 Å². The van der Waals surface area contributed by atoms with Gasteiger partial charge < -0.3 is 14.4 Å². The van der Waals surface area contributed by atoms with Crippen LogP contribution in [0, 0.1) is 11.3 Å². The minimum Gasteiger partial charge on any atom is -0.376 e. The summed E-state index contributed by atoms with van der Waals surface area (Å²) in [5, 5.41) is 8.84. The van der Waals surface area contributed by atoms with E-state index in [2.05, 4.69) is 6.07 Å². The number of rotatable bonds is 6. The van der Waals surface area contributed by atoms with Crippen LogP contribution >= 0.6 is 0 Å². The molecule has 3 rings (SSSR count). The average Bonchev–Trinajstić information content (AvgIpc) is 3.33. The summed E-state index contributed by atoms with van der Waals surface area (Å²) in [6.07, 6.45) is 7.81. The Morgan fingerprint density at radius 3 is 2.20 bits per heavy atom. The van der Waals surface area contributed by atoms with E-state index in [4.69, 9.17) is 14.7 Å². The molecule has 5 nitrogen and oxygen atoms in total. The fourth-order valence-electron chi connectivity index (χ4n) is 3.26. The van der Waals surface area contributed by atoms with Crippen molar-refractivity contribution >= 4 is 12.0 Å². The van der Waals surface area contributed by atoms with Crippen LogP contribution in [-0.4, -0.2) is 49.3 Å². The summed E-state index contributed by atoms with van der Waals surface area (Å²) in [6.45, 7) is 2.81. The van der Waals surface area contributed by atoms with Crippen LogP contribution in [0.4, 0.5) is 0 Å². The molecule has 1 aromatic carbocycles. The highest BCUT2D eigenvalue weighted by Crippen LogP contribution is 2.18. The van der Waals surface area contributed by atoms with Gasteiger partial charge in [-0.2, -0.15) is 5.26 Å². The van der Waals surface area contributed by atoms with E-state index in [1.807, 2.05) is 17.0 Å². The first-order chi connectivity index (χ1) is 12.2. The second-order valence-corrected chi connectivity index (χ2v) is 6.58. The van der Waals surface area contributed by atoms with Gasteiger partial charge >= 0.3 is 0 Å². The van der Waals surface area contributed by atoms with E-state index in [1.165, 1.54) is 0 Å². The van der Waals surface area contributed by atoms with Crippen molar-refractivity contribution in [3.05, 3.63) is 41.5 Å². The molecule has 2 aliphatic heterocycles. The topological polar surface area (TPSA) is 62.6 Å². The zero-order valence-corrected chi connectivity index (χ0v) is 14.4. The van der Waals surface area contributed by atoms with Gasteiger partial charge in [0.2, 0.25) is 5.91 Å². The third-order valence-corrected chi connectivity index (χ3v) is 4.67. The van der Waals surface area contributed by atoms with Gasteiger partial charge in [-0.15, -0.1) is 0 Å².